The Morgan fingerprint density at radius 3 is 2.56 bits per heavy atom. The van der Waals surface area contributed by atoms with Crippen molar-refractivity contribution < 1.29 is 14.7 Å². The zero-order valence-electron chi connectivity index (χ0n) is 14.2. The summed E-state index contributed by atoms with van der Waals surface area (Å²) in [6, 6.07) is 7.69. The number of benzene rings is 1. The van der Waals surface area contributed by atoms with Crippen molar-refractivity contribution >= 4 is 23.5 Å². The Bertz CT molecular complexity index is 706. The minimum Gasteiger partial charge on any atom is -0.481 e. The molecule has 25 heavy (non-hydrogen) atoms. The van der Waals surface area contributed by atoms with Crippen molar-refractivity contribution in [1.82, 2.24) is 9.80 Å². The quantitative estimate of drug-likeness (QED) is 0.894. The first-order valence-corrected chi connectivity index (χ1v) is 9.35. The summed E-state index contributed by atoms with van der Waals surface area (Å²) in [6.07, 6.45) is 3.03. The maximum atomic E-state index is 12.5. The van der Waals surface area contributed by atoms with Gasteiger partial charge in [-0.1, -0.05) is 36.2 Å². The van der Waals surface area contributed by atoms with E-state index in [0.717, 1.165) is 24.8 Å². The van der Waals surface area contributed by atoms with Gasteiger partial charge in [-0.15, -0.1) is 0 Å². The monoisotopic (exact) mass is 362 g/mol. The van der Waals surface area contributed by atoms with Gasteiger partial charge in [0.1, 0.15) is 5.41 Å². The minimum atomic E-state index is -0.833. The van der Waals surface area contributed by atoms with Gasteiger partial charge in [0.2, 0.25) is 5.91 Å². The van der Waals surface area contributed by atoms with Crippen LogP contribution in [-0.2, 0) is 16.1 Å². The molecule has 0 bridgehead atoms. The summed E-state index contributed by atoms with van der Waals surface area (Å²) in [7, 11) is 0. The predicted molar refractivity (Wildman–Crippen MR) is 94.2 cm³/mol. The number of amides is 1. The molecule has 0 spiro atoms. The van der Waals surface area contributed by atoms with Crippen LogP contribution in [0.25, 0.3) is 0 Å². The number of nitrogens with zero attached hydrogens (tertiary/aromatic N) is 2. The molecule has 134 valence electrons. The Morgan fingerprint density at radius 1 is 1.20 bits per heavy atom. The second-order valence-corrected chi connectivity index (χ2v) is 8.17. The lowest BCUT2D eigenvalue weighted by atomic mass is 9.81. The average Bonchev–Trinajstić information content (AvgIpc) is 3.02. The van der Waals surface area contributed by atoms with E-state index in [0.29, 0.717) is 37.7 Å². The Hall–Kier alpha value is -1.59. The maximum absolute atomic E-state index is 12.5. The fourth-order valence-electron chi connectivity index (χ4n) is 4.54. The zero-order chi connectivity index (χ0) is 17.6. The second-order valence-electron chi connectivity index (χ2n) is 7.77. The molecule has 0 unspecified atom stereocenters. The van der Waals surface area contributed by atoms with Crippen molar-refractivity contribution in [3.8, 4) is 0 Å². The van der Waals surface area contributed by atoms with Gasteiger partial charge >= 0.3 is 5.97 Å². The molecular formula is C19H23ClN2O3. The molecule has 0 radical (unpaired) electrons. The molecule has 2 aliphatic heterocycles. The standard InChI is InChI=1S/C19H23ClN2O3/c20-16-7-2-1-4-14(16)8-21-9-15-10-22(17(23)13-5-3-6-13)12-19(15,11-21)18(24)25/h1-2,4,7,13,15H,3,5-6,8-12H2,(H,24,25)/t15-,19-/m1/s1. The number of likely N-dealkylation sites (tertiary alicyclic amines) is 2. The number of carbonyl (C=O) groups is 2. The fourth-order valence-corrected chi connectivity index (χ4v) is 4.74. The summed E-state index contributed by atoms with van der Waals surface area (Å²) in [4.78, 5) is 28.6. The summed E-state index contributed by atoms with van der Waals surface area (Å²) in [5, 5.41) is 10.6. The number of halogens is 1. The van der Waals surface area contributed by atoms with E-state index in [-0.39, 0.29) is 17.7 Å². The first kappa shape index (κ1) is 16.9. The number of carboxylic acid groups (broad SMARTS) is 1. The lowest BCUT2D eigenvalue weighted by Crippen LogP contribution is -2.44. The van der Waals surface area contributed by atoms with Crippen molar-refractivity contribution in [3.05, 3.63) is 34.9 Å². The van der Waals surface area contributed by atoms with Crippen LogP contribution in [0.2, 0.25) is 5.02 Å². The topological polar surface area (TPSA) is 60.9 Å². The van der Waals surface area contributed by atoms with Crippen molar-refractivity contribution in [1.29, 1.82) is 0 Å². The lowest BCUT2D eigenvalue weighted by molar-refractivity contribution is -0.149. The summed E-state index contributed by atoms with van der Waals surface area (Å²) in [5.41, 5.74) is 0.188. The molecule has 2 atom stereocenters. The van der Waals surface area contributed by atoms with Gasteiger partial charge in [-0.2, -0.15) is 0 Å². The molecule has 0 aromatic heterocycles. The van der Waals surface area contributed by atoms with E-state index >= 15 is 0 Å². The largest absolute Gasteiger partial charge is 0.481 e. The van der Waals surface area contributed by atoms with E-state index in [1.54, 1.807) is 0 Å². The van der Waals surface area contributed by atoms with E-state index in [4.69, 9.17) is 11.6 Å². The molecule has 1 amide bonds. The molecule has 4 rings (SSSR count). The highest BCUT2D eigenvalue weighted by Crippen LogP contribution is 2.44. The van der Waals surface area contributed by atoms with Crippen LogP contribution in [0.5, 0.6) is 0 Å². The minimum absolute atomic E-state index is 0.00323. The predicted octanol–water partition coefficient (Wildman–Crippen LogP) is 2.49. The molecule has 1 saturated carbocycles. The van der Waals surface area contributed by atoms with Gasteiger partial charge in [0.25, 0.3) is 0 Å². The Balaban J connectivity index is 1.48. The molecule has 3 fully saturated rings. The Labute approximate surface area is 152 Å². The van der Waals surface area contributed by atoms with Crippen molar-refractivity contribution in [2.75, 3.05) is 26.2 Å². The second kappa shape index (κ2) is 6.29. The molecule has 1 aromatic carbocycles. The van der Waals surface area contributed by atoms with Crippen LogP contribution in [0.1, 0.15) is 24.8 Å². The average molecular weight is 363 g/mol. The number of rotatable bonds is 4. The number of hydrogen-bond acceptors (Lipinski definition) is 3. The van der Waals surface area contributed by atoms with Crippen LogP contribution in [0.15, 0.2) is 24.3 Å². The molecule has 1 aromatic rings. The highest BCUT2D eigenvalue weighted by Gasteiger charge is 2.58. The SMILES string of the molecule is O=C(C1CCC1)N1C[C@H]2CN(Cc3ccccc3Cl)C[C@@]2(C(=O)O)C1. The highest BCUT2D eigenvalue weighted by molar-refractivity contribution is 6.31. The molecule has 2 saturated heterocycles. The van der Waals surface area contributed by atoms with Crippen LogP contribution in [0.4, 0.5) is 0 Å². The van der Waals surface area contributed by atoms with E-state index < -0.39 is 11.4 Å². The molecule has 6 heteroatoms. The number of carbonyl (C=O) groups excluding carboxylic acids is 1. The third-order valence-electron chi connectivity index (χ3n) is 6.22. The van der Waals surface area contributed by atoms with Gasteiger partial charge in [-0.25, -0.2) is 0 Å². The summed E-state index contributed by atoms with van der Waals surface area (Å²) < 4.78 is 0. The first-order valence-electron chi connectivity index (χ1n) is 8.97. The van der Waals surface area contributed by atoms with Crippen LogP contribution in [0, 0.1) is 17.3 Å². The van der Waals surface area contributed by atoms with Gasteiger partial charge in [0, 0.05) is 49.6 Å². The van der Waals surface area contributed by atoms with Gasteiger partial charge in [0.05, 0.1) is 0 Å². The Morgan fingerprint density at radius 2 is 1.96 bits per heavy atom. The number of fused-ring (bicyclic) bond motifs is 1. The van der Waals surface area contributed by atoms with Gasteiger partial charge < -0.3 is 10.0 Å². The van der Waals surface area contributed by atoms with Crippen LogP contribution < -0.4 is 0 Å². The number of hydrogen-bond donors (Lipinski definition) is 1. The summed E-state index contributed by atoms with van der Waals surface area (Å²) >= 11 is 6.25. The third kappa shape index (κ3) is 2.83. The van der Waals surface area contributed by atoms with E-state index in [2.05, 4.69) is 4.90 Å². The smallest absolute Gasteiger partial charge is 0.313 e. The van der Waals surface area contributed by atoms with E-state index in [1.165, 1.54) is 0 Å². The molecule has 5 nitrogen and oxygen atoms in total. The lowest BCUT2D eigenvalue weighted by Gasteiger charge is -2.31. The molecule has 1 aliphatic carbocycles. The van der Waals surface area contributed by atoms with Crippen molar-refractivity contribution in [3.63, 3.8) is 0 Å². The molecule has 1 N–H and O–H groups in total. The summed E-state index contributed by atoms with van der Waals surface area (Å²) in [6.45, 7) is 2.75. The number of aliphatic carboxylic acids is 1. The molecule has 3 aliphatic rings. The normalized spacial score (nSPS) is 29.5. The first-order chi connectivity index (χ1) is 12.0. The fraction of sp³-hybridized carbons (Fsp3) is 0.579. The van der Waals surface area contributed by atoms with Gasteiger partial charge in [-0.05, 0) is 24.5 Å². The number of carboxylic acids is 1. The van der Waals surface area contributed by atoms with Crippen LogP contribution in [-0.4, -0.2) is 53.0 Å². The van der Waals surface area contributed by atoms with Gasteiger partial charge in [-0.3, -0.25) is 14.5 Å². The molecular weight excluding hydrogens is 340 g/mol. The maximum Gasteiger partial charge on any atom is 0.313 e. The third-order valence-corrected chi connectivity index (χ3v) is 6.59. The van der Waals surface area contributed by atoms with Crippen LogP contribution >= 0.6 is 11.6 Å². The highest BCUT2D eigenvalue weighted by atomic mass is 35.5. The Kier molecular flexibility index (Phi) is 4.24. The summed E-state index contributed by atoms with van der Waals surface area (Å²) in [5.74, 6) is -0.484. The van der Waals surface area contributed by atoms with Crippen LogP contribution in [0.3, 0.4) is 0 Å². The van der Waals surface area contributed by atoms with E-state index in [1.807, 2.05) is 29.2 Å². The van der Waals surface area contributed by atoms with Crippen molar-refractivity contribution in [2.24, 2.45) is 17.3 Å². The zero-order valence-corrected chi connectivity index (χ0v) is 14.9. The van der Waals surface area contributed by atoms with Crippen molar-refractivity contribution in [2.45, 2.75) is 25.8 Å². The van der Waals surface area contributed by atoms with E-state index in [9.17, 15) is 14.7 Å². The van der Waals surface area contributed by atoms with Gasteiger partial charge in [0.15, 0.2) is 0 Å². The molecule has 2 heterocycles.